The number of halogens is 5. The van der Waals surface area contributed by atoms with E-state index in [0.29, 0.717) is 11.5 Å². The Labute approximate surface area is 154 Å². The van der Waals surface area contributed by atoms with Gasteiger partial charge in [-0.3, -0.25) is 14.2 Å². The van der Waals surface area contributed by atoms with Gasteiger partial charge in [-0.25, -0.2) is 0 Å². The predicted octanol–water partition coefficient (Wildman–Crippen LogP) is 4.55. The number of nitrogens with one attached hydrogen (secondary N) is 1. The molecule has 0 saturated carbocycles. The van der Waals surface area contributed by atoms with Gasteiger partial charge in [-0.1, -0.05) is 29.3 Å². The molecular weight excluding hydrogens is 398 g/mol. The Balaban J connectivity index is 2.35. The summed E-state index contributed by atoms with van der Waals surface area (Å²) in [4.78, 5) is 8.01. The summed E-state index contributed by atoms with van der Waals surface area (Å²) in [6.07, 6.45) is -3.01. The number of hydrogen-bond donors (Lipinski definition) is 1. The fraction of sp³-hybridized carbons (Fsp3) is 0.200. The number of nitrogens with zero attached hydrogens (tertiary/aromatic N) is 2. The van der Waals surface area contributed by atoms with E-state index in [1.165, 1.54) is 19.2 Å². The third kappa shape index (κ3) is 5.42. The largest absolute Gasteiger partial charge is 0.400 e. The minimum absolute atomic E-state index is 0.106. The summed E-state index contributed by atoms with van der Waals surface area (Å²) >= 11 is 12.0. The van der Waals surface area contributed by atoms with E-state index in [1.54, 1.807) is 24.4 Å². The van der Waals surface area contributed by atoms with Crippen LogP contribution in [0.25, 0.3) is 0 Å². The summed E-state index contributed by atoms with van der Waals surface area (Å²) in [6, 6.07) is 7.64. The summed E-state index contributed by atoms with van der Waals surface area (Å²) in [5.41, 5.74) is 0.733. The van der Waals surface area contributed by atoms with Crippen LogP contribution in [0, 0.1) is 0 Å². The Morgan fingerprint density at radius 2 is 2.00 bits per heavy atom. The van der Waals surface area contributed by atoms with Gasteiger partial charge in [0.05, 0.1) is 31.4 Å². The molecule has 0 aliphatic heterocycles. The predicted molar refractivity (Wildman–Crippen MR) is 94.1 cm³/mol. The minimum atomic E-state index is -4.58. The van der Waals surface area contributed by atoms with Crippen molar-refractivity contribution >= 4 is 45.5 Å². The van der Waals surface area contributed by atoms with Gasteiger partial charge in [0.1, 0.15) is 11.4 Å². The van der Waals surface area contributed by atoms with Crippen molar-refractivity contribution in [1.82, 2.24) is 4.98 Å². The van der Waals surface area contributed by atoms with Crippen LogP contribution in [0.1, 0.15) is 5.69 Å². The second-order valence-corrected chi connectivity index (χ2v) is 7.01. The van der Waals surface area contributed by atoms with E-state index in [0.717, 1.165) is 0 Å². The lowest BCUT2D eigenvalue weighted by molar-refractivity contribution is -0.105. The van der Waals surface area contributed by atoms with Crippen LogP contribution in [0.3, 0.4) is 0 Å². The van der Waals surface area contributed by atoms with E-state index in [-0.39, 0.29) is 20.6 Å². The maximum absolute atomic E-state index is 12.5. The fourth-order valence-corrected chi connectivity index (χ4v) is 3.56. The number of hydrogen-bond acceptors (Lipinski definition) is 3. The zero-order valence-corrected chi connectivity index (χ0v) is 15.1. The SMILES string of the molecule is CN=C(Nc1cc(S(=O)CC(F)(F)F)c(Cl)cc1Cl)c1ccccn1. The first-order valence-corrected chi connectivity index (χ1v) is 8.88. The highest BCUT2D eigenvalue weighted by Gasteiger charge is 2.32. The molecule has 134 valence electrons. The summed E-state index contributed by atoms with van der Waals surface area (Å²) < 4.78 is 49.4. The highest BCUT2D eigenvalue weighted by molar-refractivity contribution is 7.85. The minimum Gasteiger partial charge on any atom is -0.337 e. The summed E-state index contributed by atoms with van der Waals surface area (Å²) in [6.45, 7) is 0. The van der Waals surface area contributed by atoms with Gasteiger partial charge >= 0.3 is 6.18 Å². The molecule has 1 heterocycles. The van der Waals surface area contributed by atoms with Gasteiger partial charge in [0.25, 0.3) is 0 Å². The number of aliphatic imine (C=N–C) groups is 1. The topological polar surface area (TPSA) is 54.4 Å². The van der Waals surface area contributed by atoms with Crippen LogP contribution in [0.5, 0.6) is 0 Å². The fourth-order valence-electron chi connectivity index (χ4n) is 1.89. The van der Waals surface area contributed by atoms with Crippen LogP contribution < -0.4 is 5.32 Å². The molecule has 0 aliphatic rings. The number of benzene rings is 1. The molecule has 0 saturated heterocycles. The zero-order chi connectivity index (χ0) is 18.6. The molecule has 10 heteroatoms. The van der Waals surface area contributed by atoms with E-state index in [4.69, 9.17) is 23.2 Å². The molecular formula is C15H12Cl2F3N3OS. The zero-order valence-electron chi connectivity index (χ0n) is 12.8. The number of rotatable bonds is 4. The van der Waals surface area contributed by atoms with Gasteiger partial charge in [0, 0.05) is 13.2 Å². The monoisotopic (exact) mass is 409 g/mol. The first kappa shape index (κ1) is 19.7. The Hall–Kier alpha value is -1.64. The van der Waals surface area contributed by atoms with Crippen molar-refractivity contribution < 1.29 is 17.4 Å². The van der Waals surface area contributed by atoms with Crippen LogP contribution in [-0.2, 0) is 10.8 Å². The van der Waals surface area contributed by atoms with Gasteiger partial charge in [-0.2, -0.15) is 13.2 Å². The Morgan fingerprint density at radius 1 is 1.28 bits per heavy atom. The van der Waals surface area contributed by atoms with Crippen molar-refractivity contribution in [2.45, 2.75) is 11.1 Å². The van der Waals surface area contributed by atoms with Crippen molar-refractivity contribution in [2.24, 2.45) is 4.99 Å². The average Bonchev–Trinajstić information content (AvgIpc) is 2.53. The lowest BCUT2D eigenvalue weighted by atomic mass is 10.2. The summed E-state index contributed by atoms with van der Waals surface area (Å²) in [5.74, 6) is -1.15. The molecule has 0 bridgehead atoms. The number of alkyl halides is 3. The highest BCUT2D eigenvalue weighted by atomic mass is 35.5. The third-order valence-electron chi connectivity index (χ3n) is 2.95. The summed E-state index contributed by atoms with van der Waals surface area (Å²) in [5, 5.41) is 2.92. The number of amidine groups is 1. The molecule has 0 radical (unpaired) electrons. The van der Waals surface area contributed by atoms with Gasteiger partial charge in [0.2, 0.25) is 0 Å². The number of pyridine rings is 1. The molecule has 1 aromatic carbocycles. The molecule has 0 spiro atoms. The molecule has 1 N–H and O–H groups in total. The second-order valence-electron chi connectivity index (χ2n) is 4.78. The molecule has 2 aromatic rings. The quantitative estimate of drug-likeness (QED) is 0.595. The molecule has 1 atom stereocenters. The first-order chi connectivity index (χ1) is 11.7. The Morgan fingerprint density at radius 3 is 2.56 bits per heavy atom. The van der Waals surface area contributed by atoms with Crippen molar-refractivity contribution in [2.75, 3.05) is 18.1 Å². The maximum Gasteiger partial charge on any atom is 0.400 e. The van der Waals surface area contributed by atoms with Gasteiger partial charge < -0.3 is 5.32 Å². The smallest absolute Gasteiger partial charge is 0.337 e. The highest BCUT2D eigenvalue weighted by Crippen LogP contribution is 2.33. The van der Waals surface area contributed by atoms with Crippen molar-refractivity contribution in [1.29, 1.82) is 0 Å². The van der Waals surface area contributed by atoms with Crippen LogP contribution in [0.2, 0.25) is 10.0 Å². The Bertz CT molecular complexity index is 814. The van der Waals surface area contributed by atoms with Gasteiger partial charge in [0.15, 0.2) is 5.84 Å². The molecule has 0 amide bonds. The van der Waals surface area contributed by atoms with E-state index < -0.39 is 22.7 Å². The van der Waals surface area contributed by atoms with Gasteiger partial charge in [-0.05, 0) is 24.3 Å². The molecule has 4 nitrogen and oxygen atoms in total. The lowest BCUT2D eigenvalue weighted by Gasteiger charge is -2.14. The maximum atomic E-state index is 12.5. The van der Waals surface area contributed by atoms with Crippen molar-refractivity contribution in [3.63, 3.8) is 0 Å². The van der Waals surface area contributed by atoms with Crippen LogP contribution >= 0.6 is 23.2 Å². The molecule has 1 unspecified atom stereocenters. The van der Waals surface area contributed by atoms with Crippen LogP contribution in [0.4, 0.5) is 18.9 Å². The summed E-state index contributed by atoms with van der Waals surface area (Å²) in [7, 11) is -0.838. The molecule has 0 aliphatic carbocycles. The third-order valence-corrected chi connectivity index (χ3v) is 5.10. The molecule has 2 rings (SSSR count). The van der Waals surface area contributed by atoms with E-state index in [2.05, 4.69) is 15.3 Å². The van der Waals surface area contributed by atoms with E-state index in [1.807, 2.05) is 0 Å². The van der Waals surface area contributed by atoms with Crippen LogP contribution in [0.15, 0.2) is 46.4 Å². The normalized spacial score (nSPS) is 13.6. The van der Waals surface area contributed by atoms with Crippen molar-refractivity contribution in [3.05, 3.63) is 52.3 Å². The van der Waals surface area contributed by atoms with E-state index in [9.17, 15) is 17.4 Å². The Kier molecular flexibility index (Phi) is 6.42. The first-order valence-electron chi connectivity index (χ1n) is 6.80. The number of anilines is 1. The molecule has 1 aromatic heterocycles. The molecule has 0 fully saturated rings. The lowest BCUT2D eigenvalue weighted by Crippen LogP contribution is -2.19. The molecule has 25 heavy (non-hydrogen) atoms. The number of aromatic nitrogens is 1. The average molecular weight is 410 g/mol. The standard InChI is InChI=1S/C15H12Cl2F3N3OS/c1-21-14(11-4-2-3-5-22-11)23-12-7-13(10(17)6-9(12)16)25(24)8-15(18,19)20/h2-7H,8H2,1H3,(H,21,23). The van der Waals surface area contributed by atoms with E-state index >= 15 is 0 Å². The van der Waals surface area contributed by atoms with Gasteiger partial charge in [-0.15, -0.1) is 0 Å². The van der Waals surface area contributed by atoms with Crippen molar-refractivity contribution in [3.8, 4) is 0 Å². The van der Waals surface area contributed by atoms with Crippen LogP contribution in [-0.4, -0.2) is 34.0 Å². The second kappa shape index (κ2) is 8.16.